The maximum atomic E-state index is 11.5. The molecule has 0 saturated heterocycles. The van der Waals surface area contributed by atoms with Gasteiger partial charge in [0.1, 0.15) is 5.75 Å². The molecule has 78 valence electrons. The molecule has 5 heteroatoms. The SMILES string of the molecule is O=S(=O)(CCCO)c1ccc(O)cc1. The lowest BCUT2D eigenvalue weighted by Crippen LogP contribution is -2.07. The van der Waals surface area contributed by atoms with Gasteiger partial charge in [-0.25, -0.2) is 8.42 Å². The van der Waals surface area contributed by atoms with Crippen molar-refractivity contribution in [1.29, 1.82) is 0 Å². The molecular formula is C9H12O4S. The topological polar surface area (TPSA) is 74.6 Å². The molecule has 1 rings (SSSR count). The summed E-state index contributed by atoms with van der Waals surface area (Å²) in [6.07, 6.45) is 0.225. The first-order valence-electron chi connectivity index (χ1n) is 4.19. The summed E-state index contributed by atoms with van der Waals surface area (Å²) in [6.45, 7) is -0.142. The van der Waals surface area contributed by atoms with Crippen LogP contribution in [0.25, 0.3) is 0 Å². The van der Waals surface area contributed by atoms with Gasteiger partial charge in [0.25, 0.3) is 0 Å². The highest BCUT2D eigenvalue weighted by atomic mass is 32.2. The molecule has 0 aliphatic carbocycles. The summed E-state index contributed by atoms with van der Waals surface area (Å²) in [6, 6.07) is 5.35. The second kappa shape index (κ2) is 4.43. The Morgan fingerprint density at radius 2 is 1.71 bits per heavy atom. The van der Waals surface area contributed by atoms with Crippen LogP contribution in [-0.2, 0) is 9.84 Å². The number of aliphatic hydroxyl groups is 1. The molecule has 2 N–H and O–H groups in total. The first-order valence-corrected chi connectivity index (χ1v) is 5.84. The number of hydrogen-bond acceptors (Lipinski definition) is 4. The van der Waals surface area contributed by atoms with E-state index >= 15 is 0 Å². The molecule has 1 aromatic carbocycles. The van der Waals surface area contributed by atoms with Gasteiger partial charge in [-0.3, -0.25) is 0 Å². The lowest BCUT2D eigenvalue weighted by molar-refractivity contribution is 0.295. The summed E-state index contributed by atoms with van der Waals surface area (Å²) < 4.78 is 23.0. The molecule has 0 heterocycles. The molecule has 0 spiro atoms. The van der Waals surface area contributed by atoms with Crippen molar-refractivity contribution in [1.82, 2.24) is 0 Å². The average Bonchev–Trinajstić information content (AvgIpc) is 2.16. The molecule has 14 heavy (non-hydrogen) atoms. The zero-order valence-electron chi connectivity index (χ0n) is 7.55. The Morgan fingerprint density at radius 3 is 2.21 bits per heavy atom. The Morgan fingerprint density at radius 1 is 1.14 bits per heavy atom. The van der Waals surface area contributed by atoms with Crippen LogP contribution in [0.4, 0.5) is 0 Å². The molecule has 1 aromatic rings. The number of sulfone groups is 1. The van der Waals surface area contributed by atoms with Gasteiger partial charge in [-0.1, -0.05) is 0 Å². The average molecular weight is 216 g/mol. The molecule has 0 saturated carbocycles. The van der Waals surface area contributed by atoms with Crippen LogP contribution >= 0.6 is 0 Å². The van der Waals surface area contributed by atoms with E-state index in [-0.39, 0.29) is 29.4 Å². The van der Waals surface area contributed by atoms with Gasteiger partial charge in [0.05, 0.1) is 10.6 Å². The largest absolute Gasteiger partial charge is 0.508 e. The van der Waals surface area contributed by atoms with Gasteiger partial charge >= 0.3 is 0 Å². The Labute approximate surface area is 82.7 Å². The van der Waals surface area contributed by atoms with E-state index in [0.29, 0.717) is 0 Å². The number of phenols is 1. The van der Waals surface area contributed by atoms with E-state index < -0.39 is 9.84 Å². The Bertz CT molecular complexity index is 380. The van der Waals surface area contributed by atoms with E-state index in [9.17, 15) is 8.42 Å². The zero-order valence-corrected chi connectivity index (χ0v) is 8.37. The second-order valence-corrected chi connectivity index (χ2v) is 5.00. The number of aromatic hydroxyl groups is 1. The minimum Gasteiger partial charge on any atom is -0.508 e. The first-order chi connectivity index (χ1) is 6.56. The zero-order chi connectivity index (χ0) is 10.6. The van der Waals surface area contributed by atoms with Crippen molar-refractivity contribution >= 4 is 9.84 Å². The third kappa shape index (κ3) is 2.71. The third-order valence-corrected chi connectivity index (χ3v) is 3.58. The maximum absolute atomic E-state index is 11.5. The summed E-state index contributed by atoms with van der Waals surface area (Å²) in [7, 11) is -3.31. The van der Waals surface area contributed by atoms with Crippen LogP contribution in [-0.4, -0.2) is 31.0 Å². The van der Waals surface area contributed by atoms with Gasteiger partial charge in [-0.15, -0.1) is 0 Å². The summed E-state index contributed by atoms with van der Waals surface area (Å²) in [4.78, 5) is 0.170. The molecule has 0 radical (unpaired) electrons. The van der Waals surface area contributed by atoms with E-state index in [1.807, 2.05) is 0 Å². The quantitative estimate of drug-likeness (QED) is 0.770. The van der Waals surface area contributed by atoms with Crippen LogP contribution in [0.15, 0.2) is 29.2 Å². The highest BCUT2D eigenvalue weighted by Gasteiger charge is 2.12. The van der Waals surface area contributed by atoms with Crippen LogP contribution in [0.3, 0.4) is 0 Å². The van der Waals surface area contributed by atoms with Gasteiger partial charge < -0.3 is 10.2 Å². The number of rotatable bonds is 4. The van der Waals surface area contributed by atoms with Crippen LogP contribution in [0.1, 0.15) is 6.42 Å². The molecule has 0 amide bonds. The van der Waals surface area contributed by atoms with Crippen molar-refractivity contribution in [2.75, 3.05) is 12.4 Å². The fraction of sp³-hybridized carbons (Fsp3) is 0.333. The molecular weight excluding hydrogens is 204 g/mol. The van der Waals surface area contributed by atoms with Crippen molar-refractivity contribution < 1.29 is 18.6 Å². The minimum atomic E-state index is -3.31. The van der Waals surface area contributed by atoms with Gasteiger partial charge in [0, 0.05) is 6.61 Å². The smallest absolute Gasteiger partial charge is 0.178 e. The fourth-order valence-corrected chi connectivity index (χ4v) is 2.32. The lowest BCUT2D eigenvalue weighted by Gasteiger charge is -2.02. The summed E-state index contributed by atoms with van der Waals surface area (Å²) in [5, 5.41) is 17.5. The van der Waals surface area contributed by atoms with E-state index in [2.05, 4.69) is 0 Å². The van der Waals surface area contributed by atoms with E-state index in [4.69, 9.17) is 10.2 Å². The van der Waals surface area contributed by atoms with E-state index in [0.717, 1.165) is 0 Å². The summed E-state index contributed by atoms with van der Waals surface area (Å²) in [5.74, 6) is -0.0417. The Kier molecular flexibility index (Phi) is 3.49. The lowest BCUT2D eigenvalue weighted by atomic mass is 10.3. The fourth-order valence-electron chi connectivity index (χ4n) is 1.03. The molecule has 0 aromatic heterocycles. The molecule has 0 fully saturated rings. The van der Waals surface area contributed by atoms with Crippen LogP contribution in [0.5, 0.6) is 5.75 Å². The standard InChI is InChI=1S/C9H12O4S/c10-6-1-7-14(12,13)9-4-2-8(11)3-5-9/h2-5,10-11H,1,6-7H2. The predicted octanol–water partition coefficient (Wildman–Crippen LogP) is 0.548. The van der Waals surface area contributed by atoms with Crippen LogP contribution in [0.2, 0.25) is 0 Å². The van der Waals surface area contributed by atoms with Crippen molar-refractivity contribution in [2.24, 2.45) is 0 Å². The van der Waals surface area contributed by atoms with E-state index in [1.54, 1.807) is 0 Å². The third-order valence-electron chi connectivity index (χ3n) is 1.77. The van der Waals surface area contributed by atoms with Gasteiger partial charge in [0.15, 0.2) is 9.84 Å². The van der Waals surface area contributed by atoms with Crippen LogP contribution in [0, 0.1) is 0 Å². The second-order valence-electron chi connectivity index (χ2n) is 2.89. The Balaban J connectivity index is 2.87. The van der Waals surface area contributed by atoms with Crippen molar-refractivity contribution in [3.05, 3.63) is 24.3 Å². The molecule has 0 aliphatic rings. The number of benzene rings is 1. The highest BCUT2D eigenvalue weighted by molar-refractivity contribution is 7.91. The predicted molar refractivity (Wildman–Crippen MR) is 51.9 cm³/mol. The maximum Gasteiger partial charge on any atom is 0.178 e. The summed E-state index contributed by atoms with van der Waals surface area (Å²) in [5.41, 5.74) is 0. The number of phenolic OH excluding ortho intramolecular Hbond substituents is 1. The van der Waals surface area contributed by atoms with Crippen molar-refractivity contribution in [3.63, 3.8) is 0 Å². The van der Waals surface area contributed by atoms with E-state index in [1.165, 1.54) is 24.3 Å². The first kappa shape index (κ1) is 11.0. The van der Waals surface area contributed by atoms with Crippen molar-refractivity contribution in [2.45, 2.75) is 11.3 Å². The highest BCUT2D eigenvalue weighted by Crippen LogP contribution is 2.15. The molecule has 0 aliphatic heterocycles. The molecule has 0 atom stereocenters. The number of hydrogen-bond donors (Lipinski definition) is 2. The van der Waals surface area contributed by atoms with Gasteiger partial charge in [0.2, 0.25) is 0 Å². The molecule has 0 bridgehead atoms. The van der Waals surface area contributed by atoms with Crippen LogP contribution < -0.4 is 0 Å². The number of aliphatic hydroxyl groups excluding tert-OH is 1. The minimum absolute atomic E-state index is 0.0334. The van der Waals surface area contributed by atoms with Gasteiger partial charge in [-0.05, 0) is 30.7 Å². The molecule has 4 nitrogen and oxygen atoms in total. The molecule has 0 unspecified atom stereocenters. The normalized spacial score (nSPS) is 11.5. The summed E-state index contributed by atoms with van der Waals surface area (Å²) >= 11 is 0. The Hall–Kier alpha value is -1.07. The monoisotopic (exact) mass is 216 g/mol. The van der Waals surface area contributed by atoms with Gasteiger partial charge in [-0.2, -0.15) is 0 Å². The van der Waals surface area contributed by atoms with Crippen molar-refractivity contribution in [3.8, 4) is 5.75 Å².